The van der Waals surface area contributed by atoms with Crippen LogP contribution in [0.1, 0.15) is 81.8 Å². The van der Waals surface area contributed by atoms with Crippen molar-refractivity contribution in [1.29, 1.82) is 0 Å². The molecule has 292 valence electrons. The number of unbranched alkanes of at least 4 members (excludes halogenated alkanes) is 2. The van der Waals surface area contributed by atoms with Crippen LogP contribution in [0.2, 0.25) is 0 Å². The third-order valence-electron chi connectivity index (χ3n) is 11.2. The number of oxime groups is 1. The molecule has 11 nitrogen and oxygen atoms in total. The number of aliphatic hydroxyl groups is 2. The average molecular weight is 748 g/mol. The summed E-state index contributed by atoms with van der Waals surface area (Å²) in [5, 5.41) is 26.9. The van der Waals surface area contributed by atoms with E-state index in [9.17, 15) is 24.2 Å². The van der Waals surface area contributed by atoms with Crippen LogP contribution in [0.3, 0.4) is 0 Å². The van der Waals surface area contributed by atoms with E-state index in [2.05, 4.69) is 23.1 Å². The Bertz CT molecular complexity index is 1690. The Hall–Kier alpha value is -4.26. The van der Waals surface area contributed by atoms with Crippen molar-refractivity contribution in [3.8, 4) is 11.5 Å². The molecule has 0 aromatic heterocycles. The van der Waals surface area contributed by atoms with Crippen molar-refractivity contribution in [2.75, 3.05) is 33.5 Å². The number of allylic oxidation sites excluding steroid dienone is 1. The second kappa shape index (κ2) is 17.9. The van der Waals surface area contributed by atoms with E-state index in [0.29, 0.717) is 36.6 Å². The third-order valence-corrected chi connectivity index (χ3v) is 11.2. The van der Waals surface area contributed by atoms with Crippen LogP contribution < -0.4 is 14.8 Å². The van der Waals surface area contributed by atoms with Crippen LogP contribution in [-0.2, 0) is 20.9 Å². The Kier molecular flexibility index (Phi) is 13.1. The lowest BCUT2D eigenvalue weighted by Gasteiger charge is -2.60. The number of benzene rings is 2. The summed E-state index contributed by atoms with van der Waals surface area (Å²) in [6, 6.07) is 10.9. The number of fused-ring (bicyclic) bond motifs is 2. The Labute approximate surface area is 317 Å². The van der Waals surface area contributed by atoms with Crippen LogP contribution in [0, 0.1) is 29.5 Å². The SMILES string of the molecule is C=CCO[C@@]12Oc3ccc(OC(=O)NCC)cc3[C@H]3[C@H](CCCCO)[C@@H](CCCCO)C=C(C(=NOC)C[C@@H]1N(Cc1ccc(F)cc1)C(=O)C1CC1)[C@H]32. The van der Waals surface area contributed by atoms with Crippen molar-refractivity contribution in [1.82, 2.24) is 10.2 Å². The van der Waals surface area contributed by atoms with Crippen molar-refractivity contribution in [3.63, 3.8) is 0 Å². The molecule has 0 bridgehead atoms. The van der Waals surface area contributed by atoms with Gasteiger partial charge in [0.2, 0.25) is 11.7 Å². The summed E-state index contributed by atoms with van der Waals surface area (Å²) < 4.78 is 34.0. The fourth-order valence-electron chi connectivity index (χ4n) is 8.80. The van der Waals surface area contributed by atoms with Gasteiger partial charge in [-0.25, -0.2) is 9.18 Å². The van der Waals surface area contributed by atoms with E-state index < -0.39 is 23.8 Å². The molecule has 6 atom stereocenters. The third kappa shape index (κ3) is 8.35. The molecule has 0 spiro atoms. The standard InChI is InChI=1S/C42H54FN3O8/c1-4-22-52-42-37(46(40(49)28-14-15-28)26-27-12-16-30(43)17-13-27)25-35(45-51-3)33-23-29(10-6-8-20-47)32(11-7-9-21-48)38(39(33)42)34-24-31(18-19-36(34)54-42)53-41(50)44-5-2/h4,12-13,16-19,23-24,28-29,32,37-39,47-48H,1,5-11,14-15,20-22,25-26H2,2-3H3,(H,44,50)/t29-,32+,37-,38+,39+,42+/m0/s1. The minimum atomic E-state index is -1.41. The molecule has 12 heteroatoms. The van der Waals surface area contributed by atoms with Crippen LogP contribution in [0.15, 0.2) is 71.9 Å². The highest BCUT2D eigenvalue weighted by molar-refractivity contribution is 6.03. The van der Waals surface area contributed by atoms with Crippen LogP contribution in [0.5, 0.6) is 11.5 Å². The fraction of sp³-hybridized carbons (Fsp3) is 0.548. The molecule has 6 rings (SSSR count). The average Bonchev–Trinajstić information content (AvgIpc) is 4.02. The summed E-state index contributed by atoms with van der Waals surface area (Å²) >= 11 is 0. The molecule has 2 saturated carbocycles. The highest BCUT2D eigenvalue weighted by Gasteiger charge is 2.66. The zero-order valence-corrected chi connectivity index (χ0v) is 31.4. The van der Waals surface area contributed by atoms with Gasteiger partial charge < -0.3 is 39.5 Å². The minimum Gasteiger partial charge on any atom is -0.459 e. The van der Waals surface area contributed by atoms with E-state index in [1.165, 1.54) is 19.2 Å². The Morgan fingerprint density at radius 1 is 1.09 bits per heavy atom. The van der Waals surface area contributed by atoms with Crippen molar-refractivity contribution in [3.05, 3.63) is 83.7 Å². The summed E-state index contributed by atoms with van der Waals surface area (Å²) in [4.78, 5) is 34.5. The first-order valence-corrected chi connectivity index (χ1v) is 19.4. The molecule has 0 saturated heterocycles. The molecule has 54 heavy (non-hydrogen) atoms. The molecule has 0 unspecified atom stereocenters. The molecule has 2 aromatic carbocycles. The highest BCUT2D eigenvalue weighted by Crippen LogP contribution is 2.62. The topological polar surface area (TPSA) is 139 Å². The molecule has 2 fully saturated rings. The maximum absolute atomic E-state index is 14.5. The van der Waals surface area contributed by atoms with Crippen molar-refractivity contribution >= 4 is 17.7 Å². The van der Waals surface area contributed by atoms with Gasteiger partial charge in [0, 0.05) is 50.1 Å². The van der Waals surface area contributed by atoms with Gasteiger partial charge in [0.05, 0.1) is 18.2 Å². The van der Waals surface area contributed by atoms with Crippen LogP contribution in [0.4, 0.5) is 9.18 Å². The smallest absolute Gasteiger partial charge is 0.412 e. The van der Waals surface area contributed by atoms with Gasteiger partial charge in [0.25, 0.3) is 0 Å². The van der Waals surface area contributed by atoms with Crippen molar-refractivity contribution in [2.45, 2.75) is 89.0 Å². The number of amides is 2. The molecule has 1 aliphatic heterocycles. The van der Waals surface area contributed by atoms with E-state index in [4.69, 9.17) is 19.0 Å². The van der Waals surface area contributed by atoms with Crippen molar-refractivity contribution in [2.24, 2.45) is 28.8 Å². The summed E-state index contributed by atoms with van der Waals surface area (Å²) in [6.07, 6.45) is 9.68. The van der Waals surface area contributed by atoms with Gasteiger partial charge in [-0.3, -0.25) is 4.79 Å². The Balaban J connectivity index is 1.58. The van der Waals surface area contributed by atoms with E-state index in [0.717, 1.165) is 55.2 Å². The number of nitrogens with one attached hydrogen (secondary N) is 1. The Morgan fingerprint density at radius 2 is 1.83 bits per heavy atom. The summed E-state index contributed by atoms with van der Waals surface area (Å²) in [5.74, 6) is -1.69. The van der Waals surface area contributed by atoms with Crippen LogP contribution in [-0.4, -0.2) is 78.1 Å². The van der Waals surface area contributed by atoms with E-state index in [1.54, 1.807) is 24.3 Å². The van der Waals surface area contributed by atoms with Gasteiger partial charge in [-0.1, -0.05) is 42.3 Å². The first-order chi connectivity index (χ1) is 26.3. The summed E-state index contributed by atoms with van der Waals surface area (Å²) in [7, 11) is 1.51. The molecule has 2 aromatic rings. The maximum Gasteiger partial charge on any atom is 0.412 e. The number of rotatable bonds is 18. The first kappa shape index (κ1) is 39.4. The monoisotopic (exact) mass is 747 g/mol. The van der Waals surface area contributed by atoms with Gasteiger partial charge in [-0.15, -0.1) is 6.58 Å². The molecule has 3 N–H and O–H groups in total. The molecule has 0 radical (unpaired) electrons. The number of aliphatic hydroxyl groups excluding tert-OH is 2. The van der Waals surface area contributed by atoms with E-state index in [1.807, 2.05) is 24.0 Å². The van der Waals surface area contributed by atoms with Crippen LogP contribution in [0.25, 0.3) is 0 Å². The second-order valence-corrected chi connectivity index (χ2v) is 14.7. The van der Waals surface area contributed by atoms with Gasteiger partial charge in [0.15, 0.2) is 0 Å². The zero-order chi connectivity index (χ0) is 38.2. The highest BCUT2D eigenvalue weighted by atomic mass is 19.1. The Morgan fingerprint density at radius 3 is 2.50 bits per heavy atom. The quantitative estimate of drug-likeness (QED) is 0.0878. The zero-order valence-electron chi connectivity index (χ0n) is 31.4. The van der Waals surface area contributed by atoms with Gasteiger partial charge in [-0.2, -0.15) is 0 Å². The largest absolute Gasteiger partial charge is 0.459 e. The molecular weight excluding hydrogens is 693 g/mol. The lowest BCUT2D eigenvalue weighted by Crippen LogP contribution is -2.70. The molecular formula is C42H54FN3O8. The molecule has 2 amide bonds. The molecule has 1 heterocycles. The van der Waals surface area contributed by atoms with E-state index in [-0.39, 0.29) is 68.2 Å². The summed E-state index contributed by atoms with van der Waals surface area (Å²) in [6.45, 7) is 6.71. The molecule has 3 aliphatic carbocycles. The molecule has 4 aliphatic rings. The van der Waals surface area contributed by atoms with E-state index >= 15 is 0 Å². The summed E-state index contributed by atoms with van der Waals surface area (Å²) in [5.41, 5.74) is 3.22. The predicted molar refractivity (Wildman–Crippen MR) is 201 cm³/mol. The number of nitrogens with zero attached hydrogens (tertiary/aromatic N) is 2. The number of carbonyl (C=O) groups excluding carboxylic acids is 2. The fourth-order valence-corrected chi connectivity index (χ4v) is 8.80. The number of hydrogen-bond donors (Lipinski definition) is 3. The lowest BCUT2D eigenvalue weighted by atomic mass is 9.55. The van der Waals surface area contributed by atoms with Gasteiger partial charge >= 0.3 is 6.09 Å². The lowest BCUT2D eigenvalue weighted by molar-refractivity contribution is -0.258. The van der Waals surface area contributed by atoms with Gasteiger partial charge in [0.1, 0.15) is 30.5 Å². The minimum absolute atomic E-state index is 0.0188. The van der Waals surface area contributed by atoms with Crippen LogP contribution >= 0.6 is 0 Å². The predicted octanol–water partition coefficient (Wildman–Crippen LogP) is 6.64. The number of hydrogen-bond acceptors (Lipinski definition) is 9. The second-order valence-electron chi connectivity index (χ2n) is 14.7. The van der Waals surface area contributed by atoms with Crippen molar-refractivity contribution < 1.29 is 43.2 Å². The number of halogens is 1. The number of ether oxygens (including phenoxy) is 3. The first-order valence-electron chi connectivity index (χ1n) is 19.4. The number of carbonyl (C=O) groups is 2. The maximum atomic E-state index is 14.5. The normalized spacial score (nSPS) is 26.1. The van der Waals surface area contributed by atoms with Gasteiger partial charge in [-0.05, 0) is 98.8 Å².